The Balaban J connectivity index is 1.33. The zero-order valence-corrected chi connectivity index (χ0v) is 15.0. The van der Waals surface area contributed by atoms with Crippen LogP contribution in [0.15, 0.2) is 29.9 Å². The van der Waals surface area contributed by atoms with Crippen LogP contribution < -0.4 is 5.32 Å². The normalized spacial score (nSPS) is 26.4. The molecule has 6 nitrogen and oxygen atoms in total. The number of aryl methyl sites for hydroxylation is 1. The lowest BCUT2D eigenvalue weighted by atomic mass is 9.91. The fourth-order valence-corrected chi connectivity index (χ4v) is 4.28. The first kappa shape index (κ1) is 16.6. The van der Waals surface area contributed by atoms with Crippen LogP contribution in [0.3, 0.4) is 0 Å². The Hall–Kier alpha value is -1.83. The number of piperidine rings is 1. The van der Waals surface area contributed by atoms with Crippen LogP contribution in [0.5, 0.6) is 0 Å². The van der Waals surface area contributed by atoms with Crippen molar-refractivity contribution in [1.82, 2.24) is 14.9 Å². The first-order valence-electron chi connectivity index (χ1n) is 8.67. The molecule has 0 radical (unpaired) electrons. The van der Waals surface area contributed by atoms with Gasteiger partial charge in [-0.2, -0.15) is 0 Å². The molecule has 25 heavy (non-hydrogen) atoms. The number of likely N-dealkylation sites (tertiary alicyclic amines) is 1. The molecule has 2 aromatic heterocycles. The highest BCUT2D eigenvalue weighted by Crippen LogP contribution is 2.34. The third kappa shape index (κ3) is 3.89. The number of carbonyl (C=O) groups is 1. The maximum absolute atomic E-state index is 12.4. The van der Waals surface area contributed by atoms with Crippen LogP contribution in [-0.4, -0.2) is 46.1 Å². The highest BCUT2D eigenvalue weighted by Gasteiger charge is 2.41. The number of hydrogen-bond donors (Lipinski definition) is 1. The predicted octanol–water partition coefficient (Wildman–Crippen LogP) is 2.46. The molecule has 132 valence electrons. The first-order chi connectivity index (χ1) is 12.2. The summed E-state index contributed by atoms with van der Waals surface area (Å²) in [6, 6.07) is 3.65. The highest BCUT2D eigenvalue weighted by molar-refractivity contribution is 7.09. The second-order valence-electron chi connectivity index (χ2n) is 6.77. The van der Waals surface area contributed by atoms with E-state index in [2.05, 4.69) is 25.6 Å². The number of ether oxygens (including phenoxy) is 1. The summed E-state index contributed by atoms with van der Waals surface area (Å²) >= 11 is 1.69. The smallest absolute Gasteiger partial charge is 0.253 e. The van der Waals surface area contributed by atoms with Crippen molar-refractivity contribution in [2.45, 2.75) is 38.5 Å². The van der Waals surface area contributed by atoms with Gasteiger partial charge in [0, 0.05) is 24.7 Å². The second kappa shape index (κ2) is 7.19. The topological polar surface area (TPSA) is 67.4 Å². The Morgan fingerprint density at radius 3 is 3.20 bits per heavy atom. The Bertz CT molecular complexity index is 736. The number of fused-ring (bicyclic) bond motifs is 1. The number of amides is 1. The summed E-state index contributed by atoms with van der Waals surface area (Å²) in [6.07, 6.45) is 4.99. The van der Waals surface area contributed by atoms with E-state index < -0.39 is 0 Å². The molecule has 2 aliphatic heterocycles. The molecule has 4 rings (SSSR count). The molecule has 2 saturated heterocycles. The summed E-state index contributed by atoms with van der Waals surface area (Å²) in [5.41, 5.74) is 1.84. The molecule has 7 heteroatoms. The van der Waals surface area contributed by atoms with Gasteiger partial charge in [-0.05, 0) is 44.4 Å². The van der Waals surface area contributed by atoms with E-state index in [-0.39, 0.29) is 18.1 Å². The van der Waals surface area contributed by atoms with Crippen LogP contribution in [-0.2, 0) is 16.1 Å². The van der Waals surface area contributed by atoms with Gasteiger partial charge in [0.05, 0.1) is 28.7 Å². The molecule has 0 bridgehead atoms. The molecule has 4 heterocycles. The van der Waals surface area contributed by atoms with Crippen molar-refractivity contribution in [2.24, 2.45) is 5.92 Å². The number of aromatic nitrogens is 2. The van der Waals surface area contributed by atoms with Gasteiger partial charge in [-0.25, -0.2) is 4.98 Å². The molecule has 1 amide bonds. The summed E-state index contributed by atoms with van der Waals surface area (Å²) in [5, 5.41) is 6.13. The van der Waals surface area contributed by atoms with E-state index in [1.807, 2.05) is 19.1 Å². The number of rotatable bonds is 4. The summed E-state index contributed by atoms with van der Waals surface area (Å²) in [6.45, 7) is 4.81. The minimum absolute atomic E-state index is 0.0657. The number of carbonyl (C=O) groups excluding carboxylic acids is 1. The van der Waals surface area contributed by atoms with E-state index in [0.717, 1.165) is 43.2 Å². The van der Waals surface area contributed by atoms with Crippen molar-refractivity contribution in [3.8, 4) is 0 Å². The number of nitrogens with one attached hydrogen (secondary N) is 1. The molecule has 0 saturated carbocycles. The van der Waals surface area contributed by atoms with Crippen molar-refractivity contribution >= 4 is 22.9 Å². The SMILES string of the molecule is Cc1nc(CN2CC[C@@H]3C[C@@H](C(=O)Nc4cccnc4)O[C@H]3C2)cs1. The summed E-state index contributed by atoms with van der Waals surface area (Å²) in [5.74, 6) is 0.405. The molecule has 3 atom stereocenters. The Morgan fingerprint density at radius 1 is 1.52 bits per heavy atom. The molecular formula is C18H22N4O2S. The van der Waals surface area contributed by atoms with Gasteiger partial charge in [0.1, 0.15) is 6.10 Å². The van der Waals surface area contributed by atoms with E-state index in [1.165, 1.54) is 0 Å². The third-order valence-electron chi connectivity index (χ3n) is 4.91. The lowest BCUT2D eigenvalue weighted by Crippen LogP contribution is -2.42. The van der Waals surface area contributed by atoms with E-state index >= 15 is 0 Å². The standard InChI is InChI=1S/C18H22N4O2S/c1-12-20-15(11-25-12)9-22-6-4-13-7-16(24-17(13)10-22)18(23)21-14-3-2-5-19-8-14/h2-3,5,8,11,13,16-17H,4,6-7,9-10H2,1H3,(H,21,23)/t13-,16+,17+/m1/s1. The van der Waals surface area contributed by atoms with E-state index in [4.69, 9.17) is 4.74 Å². The molecule has 2 aliphatic rings. The van der Waals surface area contributed by atoms with E-state index in [9.17, 15) is 4.79 Å². The van der Waals surface area contributed by atoms with Crippen LogP contribution in [0, 0.1) is 12.8 Å². The van der Waals surface area contributed by atoms with Gasteiger partial charge in [-0.15, -0.1) is 11.3 Å². The zero-order chi connectivity index (χ0) is 17.2. The molecule has 2 fully saturated rings. The average molecular weight is 358 g/mol. The molecule has 1 N–H and O–H groups in total. The first-order valence-corrected chi connectivity index (χ1v) is 9.55. The minimum Gasteiger partial charge on any atom is -0.364 e. The van der Waals surface area contributed by atoms with Gasteiger partial charge in [-0.1, -0.05) is 0 Å². The molecular weight excluding hydrogens is 336 g/mol. The van der Waals surface area contributed by atoms with Crippen LogP contribution in [0.2, 0.25) is 0 Å². The summed E-state index contributed by atoms with van der Waals surface area (Å²) < 4.78 is 6.08. The Kier molecular flexibility index (Phi) is 4.78. The number of pyridine rings is 1. The third-order valence-corrected chi connectivity index (χ3v) is 5.73. The van der Waals surface area contributed by atoms with Crippen molar-refractivity contribution in [3.63, 3.8) is 0 Å². The minimum atomic E-state index is -0.364. The van der Waals surface area contributed by atoms with E-state index in [0.29, 0.717) is 11.6 Å². The monoisotopic (exact) mass is 358 g/mol. The maximum atomic E-state index is 12.4. The second-order valence-corrected chi connectivity index (χ2v) is 7.83. The van der Waals surface area contributed by atoms with Crippen LogP contribution in [0.25, 0.3) is 0 Å². The van der Waals surface area contributed by atoms with E-state index in [1.54, 1.807) is 23.7 Å². The molecule has 0 aromatic carbocycles. The van der Waals surface area contributed by atoms with Gasteiger partial charge >= 0.3 is 0 Å². The van der Waals surface area contributed by atoms with Crippen molar-refractivity contribution in [3.05, 3.63) is 40.6 Å². The number of nitrogens with zero attached hydrogens (tertiary/aromatic N) is 3. The lowest BCUT2D eigenvalue weighted by molar-refractivity contribution is -0.127. The van der Waals surface area contributed by atoms with Gasteiger partial charge in [0.15, 0.2) is 0 Å². The Labute approximate surface area is 151 Å². The quantitative estimate of drug-likeness (QED) is 0.909. The summed E-state index contributed by atoms with van der Waals surface area (Å²) in [4.78, 5) is 23.4. The van der Waals surface area contributed by atoms with Crippen molar-refractivity contribution in [2.75, 3.05) is 18.4 Å². The van der Waals surface area contributed by atoms with Crippen LogP contribution in [0.1, 0.15) is 23.5 Å². The van der Waals surface area contributed by atoms with Crippen molar-refractivity contribution in [1.29, 1.82) is 0 Å². The Morgan fingerprint density at radius 2 is 2.44 bits per heavy atom. The maximum Gasteiger partial charge on any atom is 0.253 e. The van der Waals surface area contributed by atoms with Gasteiger partial charge in [-0.3, -0.25) is 14.7 Å². The van der Waals surface area contributed by atoms with Crippen LogP contribution >= 0.6 is 11.3 Å². The number of thiazole rings is 1. The van der Waals surface area contributed by atoms with Gasteiger partial charge < -0.3 is 10.1 Å². The fraction of sp³-hybridized carbons (Fsp3) is 0.500. The summed E-state index contributed by atoms with van der Waals surface area (Å²) in [7, 11) is 0. The fourth-order valence-electron chi connectivity index (χ4n) is 3.68. The molecule has 0 spiro atoms. The molecule has 0 aliphatic carbocycles. The van der Waals surface area contributed by atoms with Crippen LogP contribution in [0.4, 0.5) is 5.69 Å². The average Bonchev–Trinajstić information content (AvgIpc) is 3.21. The highest BCUT2D eigenvalue weighted by atomic mass is 32.1. The molecule has 2 aromatic rings. The predicted molar refractivity (Wildman–Crippen MR) is 96.4 cm³/mol. The molecule has 0 unspecified atom stereocenters. The largest absolute Gasteiger partial charge is 0.364 e. The zero-order valence-electron chi connectivity index (χ0n) is 14.2. The number of hydrogen-bond acceptors (Lipinski definition) is 6. The van der Waals surface area contributed by atoms with Crippen molar-refractivity contribution < 1.29 is 9.53 Å². The number of anilines is 1. The van der Waals surface area contributed by atoms with Gasteiger partial charge in [0.25, 0.3) is 5.91 Å². The lowest BCUT2D eigenvalue weighted by Gasteiger charge is -2.33. The van der Waals surface area contributed by atoms with Gasteiger partial charge in [0.2, 0.25) is 0 Å².